The van der Waals surface area contributed by atoms with Gasteiger partial charge in [-0.15, -0.1) is 24.0 Å². The smallest absolute Gasteiger partial charge is 0.191 e. The van der Waals surface area contributed by atoms with E-state index >= 15 is 0 Å². The van der Waals surface area contributed by atoms with Gasteiger partial charge in [-0.2, -0.15) is 0 Å². The van der Waals surface area contributed by atoms with Crippen molar-refractivity contribution in [3.63, 3.8) is 0 Å². The lowest BCUT2D eigenvalue weighted by molar-refractivity contribution is 0.0168. The molecular formula is C21H34IN3O3. The predicted molar refractivity (Wildman–Crippen MR) is 123 cm³/mol. The van der Waals surface area contributed by atoms with Gasteiger partial charge in [-0.1, -0.05) is 18.2 Å². The summed E-state index contributed by atoms with van der Waals surface area (Å²) in [4.78, 5) is 4.79. The molecule has 2 heterocycles. The second kappa shape index (κ2) is 13.2. The molecule has 0 amide bonds. The lowest BCUT2D eigenvalue weighted by Gasteiger charge is -2.25. The molecule has 0 aliphatic carbocycles. The van der Waals surface area contributed by atoms with Crippen molar-refractivity contribution in [1.29, 1.82) is 0 Å². The molecule has 28 heavy (non-hydrogen) atoms. The number of halogens is 1. The largest absolute Gasteiger partial charge is 0.493 e. The molecule has 1 fully saturated rings. The van der Waals surface area contributed by atoms with Gasteiger partial charge in [0, 0.05) is 38.8 Å². The van der Waals surface area contributed by atoms with Crippen molar-refractivity contribution in [2.24, 2.45) is 4.99 Å². The quantitative estimate of drug-likeness (QED) is 0.234. The molecule has 7 heteroatoms. The van der Waals surface area contributed by atoms with E-state index in [-0.39, 0.29) is 24.0 Å². The highest BCUT2D eigenvalue weighted by Crippen LogP contribution is 2.33. The van der Waals surface area contributed by atoms with Crippen LogP contribution in [0.4, 0.5) is 0 Å². The molecule has 0 bridgehead atoms. The lowest BCUT2D eigenvalue weighted by atomic mass is 9.93. The minimum Gasteiger partial charge on any atom is -0.493 e. The molecule has 0 radical (unpaired) electrons. The standard InChI is InChI=1S/C21H33N3O3.HI/c1-2-22-21(23-11-6-12-25-16-18-7-5-13-26-18)24-15-17-10-14-27-20-9-4-3-8-19(17)20;/h3-4,8-9,17-18H,2,5-7,10-16H2,1H3,(H2,22,23,24);1H. The summed E-state index contributed by atoms with van der Waals surface area (Å²) in [5, 5.41) is 6.74. The van der Waals surface area contributed by atoms with Crippen molar-refractivity contribution in [3.05, 3.63) is 29.8 Å². The fourth-order valence-electron chi connectivity index (χ4n) is 3.52. The van der Waals surface area contributed by atoms with Crippen molar-refractivity contribution >= 4 is 29.9 Å². The van der Waals surface area contributed by atoms with Crippen LogP contribution < -0.4 is 15.4 Å². The highest BCUT2D eigenvalue weighted by Gasteiger charge is 2.20. The first-order valence-electron chi connectivity index (χ1n) is 10.3. The van der Waals surface area contributed by atoms with Crippen LogP contribution >= 0.6 is 24.0 Å². The van der Waals surface area contributed by atoms with Gasteiger partial charge in [0.15, 0.2) is 5.96 Å². The number of hydrogen-bond acceptors (Lipinski definition) is 4. The van der Waals surface area contributed by atoms with E-state index < -0.39 is 0 Å². The minimum atomic E-state index is 0. The molecule has 2 aliphatic heterocycles. The number of hydrogen-bond donors (Lipinski definition) is 2. The molecule has 0 spiro atoms. The van der Waals surface area contributed by atoms with E-state index in [0.29, 0.717) is 12.0 Å². The second-order valence-electron chi connectivity index (χ2n) is 7.08. The maximum Gasteiger partial charge on any atom is 0.191 e. The van der Waals surface area contributed by atoms with Crippen LogP contribution in [0.1, 0.15) is 44.1 Å². The van der Waals surface area contributed by atoms with Crippen LogP contribution in [0, 0.1) is 0 Å². The van der Waals surface area contributed by atoms with E-state index in [0.717, 1.165) is 83.5 Å². The van der Waals surface area contributed by atoms with Gasteiger partial charge in [0.1, 0.15) is 5.75 Å². The summed E-state index contributed by atoms with van der Waals surface area (Å²) < 4.78 is 17.0. The zero-order valence-electron chi connectivity index (χ0n) is 16.8. The molecule has 0 aromatic heterocycles. The van der Waals surface area contributed by atoms with Crippen molar-refractivity contribution in [2.45, 2.75) is 44.6 Å². The molecule has 2 atom stereocenters. The van der Waals surface area contributed by atoms with Gasteiger partial charge in [-0.3, -0.25) is 4.99 Å². The molecule has 2 aliphatic rings. The summed E-state index contributed by atoms with van der Waals surface area (Å²) >= 11 is 0. The minimum absolute atomic E-state index is 0. The Hall–Kier alpha value is -1.06. The summed E-state index contributed by atoms with van der Waals surface area (Å²) in [5.74, 6) is 2.30. The number of fused-ring (bicyclic) bond motifs is 1. The molecule has 1 aromatic rings. The van der Waals surface area contributed by atoms with E-state index in [4.69, 9.17) is 19.2 Å². The Balaban J connectivity index is 0.00000280. The fraction of sp³-hybridized carbons (Fsp3) is 0.667. The number of nitrogens with one attached hydrogen (secondary N) is 2. The van der Waals surface area contributed by atoms with E-state index in [1.165, 1.54) is 5.56 Å². The van der Waals surface area contributed by atoms with Crippen molar-refractivity contribution in [1.82, 2.24) is 10.6 Å². The zero-order valence-corrected chi connectivity index (χ0v) is 19.2. The summed E-state index contributed by atoms with van der Waals surface area (Å²) in [5.41, 5.74) is 1.27. The average molecular weight is 503 g/mol. The summed E-state index contributed by atoms with van der Waals surface area (Å²) in [6.45, 7) is 7.68. The molecule has 2 unspecified atom stereocenters. The number of guanidine groups is 1. The normalized spacial score (nSPS) is 21.4. The molecule has 1 aromatic carbocycles. The van der Waals surface area contributed by atoms with Gasteiger partial charge < -0.3 is 24.8 Å². The maximum atomic E-state index is 5.74. The van der Waals surface area contributed by atoms with Crippen LogP contribution in [0.2, 0.25) is 0 Å². The number of para-hydroxylation sites is 1. The SMILES string of the molecule is CCNC(=NCC1CCOc2ccccc21)NCCCOCC1CCCO1.I. The van der Waals surface area contributed by atoms with Crippen LogP contribution in [-0.2, 0) is 9.47 Å². The van der Waals surface area contributed by atoms with Gasteiger partial charge in [0.2, 0.25) is 0 Å². The van der Waals surface area contributed by atoms with Crippen LogP contribution in [0.25, 0.3) is 0 Å². The van der Waals surface area contributed by atoms with E-state index in [2.05, 4.69) is 29.7 Å². The van der Waals surface area contributed by atoms with Crippen LogP contribution in [-0.4, -0.2) is 58.1 Å². The predicted octanol–water partition coefficient (Wildman–Crippen LogP) is 3.31. The maximum absolute atomic E-state index is 5.74. The molecule has 6 nitrogen and oxygen atoms in total. The number of aliphatic imine (C=N–C) groups is 1. The average Bonchev–Trinajstić information content (AvgIpc) is 3.22. The first kappa shape index (κ1) is 23.2. The van der Waals surface area contributed by atoms with Crippen LogP contribution in [0.15, 0.2) is 29.3 Å². The summed E-state index contributed by atoms with van der Waals surface area (Å²) in [6, 6.07) is 8.30. The molecule has 0 saturated carbocycles. The number of benzene rings is 1. The van der Waals surface area contributed by atoms with E-state index in [1.807, 2.05) is 12.1 Å². The van der Waals surface area contributed by atoms with Gasteiger partial charge in [0.25, 0.3) is 0 Å². The zero-order chi connectivity index (χ0) is 18.7. The highest BCUT2D eigenvalue weighted by molar-refractivity contribution is 14.0. The fourth-order valence-corrected chi connectivity index (χ4v) is 3.52. The molecule has 1 saturated heterocycles. The molecule has 2 N–H and O–H groups in total. The second-order valence-corrected chi connectivity index (χ2v) is 7.08. The Kier molecular flexibility index (Phi) is 11.0. The Labute approximate surface area is 185 Å². The first-order chi connectivity index (χ1) is 13.4. The summed E-state index contributed by atoms with van der Waals surface area (Å²) in [7, 11) is 0. The Bertz CT molecular complexity index is 594. The monoisotopic (exact) mass is 503 g/mol. The number of nitrogens with zero attached hydrogens (tertiary/aromatic N) is 1. The first-order valence-corrected chi connectivity index (χ1v) is 10.3. The van der Waals surface area contributed by atoms with Crippen LogP contribution in [0.3, 0.4) is 0 Å². The van der Waals surface area contributed by atoms with Gasteiger partial charge >= 0.3 is 0 Å². The molecular weight excluding hydrogens is 469 g/mol. The van der Waals surface area contributed by atoms with Gasteiger partial charge in [-0.25, -0.2) is 0 Å². The Morgan fingerprint density at radius 3 is 2.93 bits per heavy atom. The summed E-state index contributed by atoms with van der Waals surface area (Å²) in [6.07, 6.45) is 4.56. The Morgan fingerprint density at radius 1 is 1.21 bits per heavy atom. The lowest BCUT2D eigenvalue weighted by Crippen LogP contribution is -2.38. The number of ether oxygens (including phenoxy) is 3. The third kappa shape index (κ3) is 7.40. The Morgan fingerprint density at radius 2 is 2.11 bits per heavy atom. The van der Waals surface area contributed by atoms with E-state index in [1.54, 1.807) is 0 Å². The third-order valence-corrected chi connectivity index (χ3v) is 4.98. The molecule has 3 rings (SSSR count). The number of rotatable bonds is 9. The van der Waals surface area contributed by atoms with Gasteiger partial charge in [-0.05, 0) is 44.2 Å². The van der Waals surface area contributed by atoms with Crippen molar-refractivity contribution < 1.29 is 14.2 Å². The van der Waals surface area contributed by atoms with Crippen molar-refractivity contribution in [2.75, 3.05) is 46.1 Å². The highest BCUT2D eigenvalue weighted by atomic mass is 127. The molecule has 158 valence electrons. The van der Waals surface area contributed by atoms with E-state index in [9.17, 15) is 0 Å². The third-order valence-electron chi connectivity index (χ3n) is 4.98. The topological polar surface area (TPSA) is 64.1 Å². The van der Waals surface area contributed by atoms with Crippen LogP contribution in [0.5, 0.6) is 5.75 Å². The van der Waals surface area contributed by atoms with Crippen molar-refractivity contribution in [3.8, 4) is 5.75 Å². The van der Waals surface area contributed by atoms with Gasteiger partial charge in [0.05, 0.1) is 19.3 Å².